The smallest absolute Gasteiger partial charge is 0.281 e. The van der Waals surface area contributed by atoms with Crippen LogP contribution in [0.5, 0.6) is 0 Å². The first-order valence-corrected chi connectivity index (χ1v) is 9.09. The number of nitrogens with zero attached hydrogens (tertiary/aromatic N) is 2. The Bertz CT molecular complexity index is 826. The summed E-state index contributed by atoms with van der Waals surface area (Å²) in [5.41, 5.74) is -0.0427. The maximum absolute atomic E-state index is 11.3. The van der Waals surface area contributed by atoms with Gasteiger partial charge in [-0.05, 0) is 66.3 Å². The van der Waals surface area contributed by atoms with Gasteiger partial charge in [-0.25, -0.2) is 0 Å². The number of nitro benzene ring substituents is 2. The Labute approximate surface area is 143 Å². The highest BCUT2D eigenvalue weighted by molar-refractivity contribution is 5.48. The average molecular weight is 342 g/mol. The van der Waals surface area contributed by atoms with E-state index in [1.165, 1.54) is 18.6 Å². The van der Waals surface area contributed by atoms with Gasteiger partial charge in [-0.2, -0.15) is 0 Å². The lowest BCUT2D eigenvalue weighted by molar-refractivity contribution is -0.394. The molecule has 0 bridgehead atoms. The Morgan fingerprint density at radius 2 is 1.68 bits per heavy atom. The van der Waals surface area contributed by atoms with Crippen molar-refractivity contribution in [1.29, 1.82) is 0 Å². The Hall–Kier alpha value is -2.02. The van der Waals surface area contributed by atoms with E-state index in [-0.39, 0.29) is 24.1 Å². The largest absolute Gasteiger partial charge is 0.373 e. The Morgan fingerprint density at radius 1 is 0.920 bits per heavy atom. The van der Waals surface area contributed by atoms with Gasteiger partial charge in [0.05, 0.1) is 34.2 Å². The molecular formula is C18H18N2O5. The minimum absolute atomic E-state index is 0.172. The number of nitro groups is 2. The van der Waals surface area contributed by atoms with E-state index in [1.807, 2.05) is 0 Å². The number of rotatable bonds is 5. The fourth-order valence-corrected chi connectivity index (χ4v) is 7.23. The first-order valence-electron chi connectivity index (χ1n) is 9.09. The van der Waals surface area contributed by atoms with Crippen molar-refractivity contribution < 1.29 is 14.6 Å². The molecule has 1 aromatic carbocycles. The van der Waals surface area contributed by atoms with Crippen molar-refractivity contribution in [3.8, 4) is 0 Å². The standard InChI is InChI=1S/C18H18N2O5/c21-19(22)8-2-1-7(12(3-8)20(23)24)6-25-13-5-11-14-9-4-10(9)15-17(13)16(11)18(14)15/h1-3,9-11,13-18H,4-6H2/t9-,10+,11-,13+,14+,15+,16+,17-,18-/m1/s1. The van der Waals surface area contributed by atoms with Crippen molar-refractivity contribution in [3.63, 3.8) is 0 Å². The van der Waals surface area contributed by atoms with Crippen molar-refractivity contribution >= 4 is 11.4 Å². The maximum Gasteiger partial charge on any atom is 0.281 e. The molecule has 130 valence electrons. The Kier molecular flexibility index (Phi) is 2.49. The monoisotopic (exact) mass is 342 g/mol. The van der Waals surface area contributed by atoms with Crippen LogP contribution in [0.25, 0.3) is 0 Å². The Morgan fingerprint density at radius 3 is 2.44 bits per heavy atom. The third-order valence-electron chi connectivity index (χ3n) is 7.95. The molecule has 1 aromatic rings. The van der Waals surface area contributed by atoms with Crippen LogP contribution in [0.4, 0.5) is 11.4 Å². The summed E-state index contributed by atoms with van der Waals surface area (Å²) >= 11 is 0. The van der Waals surface area contributed by atoms with E-state index in [1.54, 1.807) is 0 Å². The van der Waals surface area contributed by atoms with E-state index < -0.39 is 9.85 Å². The molecule has 5 fully saturated rings. The third kappa shape index (κ3) is 1.60. The Balaban J connectivity index is 1.21. The second-order valence-electron chi connectivity index (χ2n) is 8.53. The van der Waals surface area contributed by atoms with Gasteiger partial charge in [0.2, 0.25) is 0 Å². The van der Waals surface area contributed by atoms with Crippen molar-refractivity contribution in [2.24, 2.45) is 47.3 Å². The van der Waals surface area contributed by atoms with Crippen LogP contribution >= 0.6 is 0 Å². The number of hydrogen-bond acceptors (Lipinski definition) is 5. The van der Waals surface area contributed by atoms with Gasteiger partial charge in [-0.3, -0.25) is 20.2 Å². The molecule has 0 aliphatic heterocycles. The SMILES string of the molecule is O=[N+]([O-])c1ccc(CO[C@H]2C[C@@H]3[C@@H]4[C@@H]5C[C@@H]5[C@@H]5[C@@H]4[C@@H]3[C@@H]52)c([N+](=O)[O-])c1. The first kappa shape index (κ1) is 14.2. The highest BCUT2D eigenvalue weighted by atomic mass is 16.6. The van der Waals surface area contributed by atoms with Crippen LogP contribution in [0.3, 0.4) is 0 Å². The van der Waals surface area contributed by atoms with E-state index in [4.69, 9.17) is 4.74 Å². The zero-order valence-corrected chi connectivity index (χ0v) is 13.5. The highest BCUT2D eigenvalue weighted by Gasteiger charge is 2.82. The number of hydrogen-bond donors (Lipinski definition) is 0. The molecule has 0 amide bonds. The lowest BCUT2D eigenvalue weighted by Crippen LogP contribution is -2.59. The van der Waals surface area contributed by atoms with Gasteiger partial charge in [-0.15, -0.1) is 0 Å². The zero-order chi connectivity index (χ0) is 17.0. The molecule has 5 saturated carbocycles. The van der Waals surface area contributed by atoms with Gasteiger partial charge < -0.3 is 4.74 Å². The molecule has 9 atom stereocenters. The van der Waals surface area contributed by atoms with Crippen LogP contribution in [0, 0.1) is 67.6 Å². The van der Waals surface area contributed by atoms with Crippen molar-refractivity contribution in [2.75, 3.05) is 0 Å². The molecule has 5 aliphatic rings. The molecular weight excluding hydrogens is 324 g/mol. The molecule has 7 nitrogen and oxygen atoms in total. The molecule has 0 heterocycles. The molecule has 0 aromatic heterocycles. The quantitative estimate of drug-likeness (QED) is 0.605. The number of ether oxygens (including phenoxy) is 1. The van der Waals surface area contributed by atoms with Crippen LogP contribution in [0.15, 0.2) is 18.2 Å². The summed E-state index contributed by atoms with van der Waals surface area (Å²) in [5, 5.41) is 22.1. The fraction of sp³-hybridized carbons (Fsp3) is 0.667. The normalized spacial score (nSPS) is 46.6. The lowest BCUT2D eigenvalue weighted by Gasteiger charge is -2.61. The molecule has 0 saturated heterocycles. The summed E-state index contributed by atoms with van der Waals surface area (Å²) in [6.07, 6.45) is 2.75. The average Bonchev–Trinajstić information content (AvgIpc) is 3.24. The minimum atomic E-state index is -0.608. The van der Waals surface area contributed by atoms with E-state index in [2.05, 4.69) is 0 Å². The molecule has 0 N–H and O–H groups in total. The maximum atomic E-state index is 11.3. The summed E-state index contributed by atoms with van der Waals surface area (Å²) in [6.45, 7) is 0.172. The van der Waals surface area contributed by atoms with Gasteiger partial charge in [0.25, 0.3) is 11.4 Å². The predicted molar refractivity (Wildman–Crippen MR) is 85.5 cm³/mol. The summed E-state index contributed by atoms with van der Waals surface area (Å²) in [4.78, 5) is 20.9. The van der Waals surface area contributed by atoms with Crippen LogP contribution in [0.2, 0.25) is 0 Å². The van der Waals surface area contributed by atoms with Gasteiger partial charge in [0.15, 0.2) is 0 Å². The van der Waals surface area contributed by atoms with Crippen LogP contribution in [-0.4, -0.2) is 16.0 Å². The summed E-state index contributed by atoms with van der Waals surface area (Å²) in [5.74, 6) is 7.11. The van der Waals surface area contributed by atoms with Gasteiger partial charge >= 0.3 is 0 Å². The fourth-order valence-electron chi connectivity index (χ4n) is 7.23. The van der Waals surface area contributed by atoms with Crippen molar-refractivity contribution in [3.05, 3.63) is 44.0 Å². The van der Waals surface area contributed by atoms with Gasteiger partial charge in [-0.1, -0.05) is 0 Å². The molecule has 5 aliphatic carbocycles. The lowest BCUT2D eigenvalue weighted by atomic mass is 9.43. The second kappa shape index (κ2) is 4.38. The van der Waals surface area contributed by atoms with E-state index in [0.29, 0.717) is 11.5 Å². The molecule has 0 spiro atoms. The molecule has 0 radical (unpaired) electrons. The van der Waals surface area contributed by atoms with Crippen LogP contribution in [0.1, 0.15) is 18.4 Å². The number of fused-ring (bicyclic) bond motifs is 5. The first-order chi connectivity index (χ1) is 12.1. The topological polar surface area (TPSA) is 95.5 Å². The highest BCUT2D eigenvalue weighted by Crippen LogP contribution is 2.85. The van der Waals surface area contributed by atoms with E-state index in [0.717, 1.165) is 53.9 Å². The summed E-state index contributed by atoms with van der Waals surface area (Å²) in [6, 6.07) is 3.82. The summed E-state index contributed by atoms with van der Waals surface area (Å²) in [7, 11) is 0. The molecule has 6 rings (SSSR count). The number of non-ortho nitro benzene ring substituents is 1. The third-order valence-corrected chi connectivity index (χ3v) is 7.95. The molecule has 25 heavy (non-hydrogen) atoms. The van der Waals surface area contributed by atoms with E-state index >= 15 is 0 Å². The molecule has 7 heteroatoms. The predicted octanol–water partition coefficient (Wildman–Crippen LogP) is 3.17. The second-order valence-corrected chi connectivity index (χ2v) is 8.53. The van der Waals surface area contributed by atoms with E-state index in [9.17, 15) is 20.2 Å². The van der Waals surface area contributed by atoms with Crippen molar-refractivity contribution in [1.82, 2.24) is 0 Å². The van der Waals surface area contributed by atoms with Gasteiger partial charge in [0, 0.05) is 6.07 Å². The zero-order valence-electron chi connectivity index (χ0n) is 13.5. The van der Waals surface area contributed by atoms with Crippen LogP contribution < -0.4 is 0 Å². The minimum Gasteiger partial charge on any atom is -0.373 e. The number of benzene rings is 1. The van der Waals surface area contributed by atoms with Gasteiger partial charge in [0.1, 0.15) is 0 Å². The van der Waals surface area contributed by atoms with Crippen LogP contribution in [-0.2, 0) is 11.3 Å². The molecule has 0 unspecified atom stereocenters. The van der Waals surface area contributed by atoms with Crippen molar-refractivity contribution in [2.45, 2.75) is 25.6 Å². The summed E-state index contributed by atoms with van der Waals surface area (Å²) < 4.78 is 6.16.